The Morgan fingerprint density at radius 1 is 1.43 bits per heavy atom. The van der Waals surface area contributed by atoms with Gasteiger partial charge in [-0.05, 0) is 39.4 Å². The first-order valence-corrected chi connectivity index (χ1v) is 5.18. The molecule has 0 heterocycles. The van der Waals surface area contributed by atoms with Crippen LogP contribution in [0.4, 0.5) is 0 Å². The number of rotatable bonds is 7. The molecule has 14 heavy (non-hydrogen) atoms. The van der Waals surface area contributed by atoms with Crippen LogP contribution >= 0.6 is 0 Å². The van der Waals surface area contributed by atoms with Crippen molar-refractivity contribution in [2.45, 2.75) is 39.2 Å². The molecule has 0 spiro atoms. The molecule has 0 rings (SSSR count). The molecule has 0 aromatic rings. The average Bonchev–Trinajstić information content (AvgIpc) is 2.12. The zero-order valence-electron chi connectivity index (χ0n) is 9.42. The molecule has 1 atom stereocenters. The second-order valence-electron chi connectivity index (χ2n) is 3.77. The molecule has 3 N–H and O–H groups in total. The van der Waals surface area contributed by atoms with E-state index in [2.05, 4.69) is 18.7 Å². The summed E-state index contributed by atoms with van der Waals surface area (Å²) in [6.45, 7) is 8.55. The Balaban J connectivity index is 3.78. The second-order valence-corrected chi connectivity index (χ2v) is 3.77. The standard InChI is InChI=1S/C10H22N2O2/c1-4-12(5-2)8-6-7-10(3,14)9(11)13/h14H,4-8H2,1-3H3,(H2,11,13). The summed E-state index contributed by atoms with van der Waals surface area (Å²) in [5, 5.41) is 9.56. The highest BCUT2D eigenvalue weighted by Crippen LogP contribution is 2.11. The fraction of sp³-hybridized carbons (Fsp3) is 0.900. The minimum absolute atomic E-state index is 0.429. The fourth-order valence-corrected chi connectivity index (χ4v) is 1.31. The third kappa shape index (κ3) is 4.58. The van der Waals surface area contributed by atoms with Crippen molar-refractivity contribution in [3.63, 3.8) is 0 Å². The van der Waals surface area contributed by atoms with Crippen LogP contribution in [0, 0.1) is 0 Å². The average molecular weight is 202 g/mol. The molecule has 1 amide bonds. The summed E-state index contributed by atoms with van der Waals surface area (Å²) in [5.41, 5.74) is 3.70. The van der Waals surface area contributed by atoms with Crippen LogP contribution in [0.15, 0.2) is 0 Å². The maximum atomic E-state index is 10.8. The second kappa shape index (κ2) is 5.98. The fourth-order valence-electron chi connectivity index (χ4n) is 1.31. The third-order valence-corrected chi connectivity index (χ3v) is 2.56. The van der Waals surface area contributed by atoms with Crippen LogP contribution < -0.4 is 5.73 Å². The van der Waals surface area contributed by atoms with Crippen molar-refractivity contribution in [3.05, 3.63) is 0 Å². The molecule has 0 aromatic heterocycles. The number of hydrogen-bond donors (Lipinski definition) is 2. The van der Waals surface area contributed by atoms with Gasteiger partial charge >= 0.3 is 0 Å². The van der Waals surface area contributed by atoms with Crippen LogP contribution in [-0.4, -0.2) is 41.1 Å². The van der Waals surface area contributed by atoms with E-state index < -0.39 is 11.5 Å². The highest BCUT2D eigenvalue weighted by Gasteiger charge is 2.26. The Morgan fingerprint density at radius 2 is 1.93 bits per heavy atom. The lowest BCUT2D eigenvalue weighted by molar-refractivity contribution is -0.135. The number of hydrogen-bond acceptors (Lipinski definition) is 3. The third-order valence-electron chi connectivity index (χ3n) is 2.56. The zero-order chi connectivity index (χ0) is 11.2. The van der Waals surface area contributed by atoms with Gasteiger partial charge < -0.3 is 15.7 Å². The maximum absolute atomic E-state index is 10.8. The molecule has 0 saturated heterocycles. The number of primary amides is 1. The van der Waals surface area contributed by atoms with Gasteiger partial charge in [0.25, 0.3) is 0 Å². The van der Waals surface area contributed by atoms with E-state index in [1.165, 1.54) is 6.92 Å². The normalized spacial score (nSPS) is 15.5. The minimum Gasteiger partial charge on any atom is -0.380 e. The van der Waals surface area contributed by atoms with Gasteiger partial charge in [-0.15, -0.1) is 0 Å². The van der Waals surface area contributed by atoms with Gasteiger partial charge in [-0.25, -0.2) is 0 Å². The molecule has 0 aliphatic rings. The molecule has 0 radical (unpaired) electrons. The molecule has 84 valence electrons. The van der Waals surface area contributed by atoms with Gasteiger partial charge in [0.05, 0.1) is 0 Å². The van der Waals surface area contributed by atoms with Crippen LogP contribution in [0.1, 0.15) is 33.6 Å². The van der Waals surface area contributed by atoms with Crippen LogP contribution in [-0.2, 0) is 4.79 Å². The first-order valence-electron chi connectivity index (χ1n) is 5.18. The van der Waals surface area contributed by atoms with Gasteiger partial charge in [0.2, 0.25) is 5.91 Å². The van der Waals surface area contributed by atoms with Gasteiger partial charge in [0.15, 0.2) is 0 Å². The Bertz CT molecular complexity index is 177. The minimum atomic E-state index is -1.35. The summed E-state index contributed by atoms with van der Waals surface area (Å²) in [6, 6.07) is 0. The summed E-state index contributed by atoms with van der Waals surface area (Å²) in [5.74, 6) is -0.642. The van der Waals surface area contributed by atoms with E-state index in [1.54, 1.807) is 0 Å². The highest BCUT2D eigenvalue weighted by molar-refractivity contribution is 5.82. The molecule has 0 fully saturated rings. The summed E-state index contributed by atoms with van der Waals surface area (Å²) in [6.07, 6.45) is 1.22. The first-order chi connectivity index (χ1) is 6.44. The molecule has 0 aliphatic heterocycles. The number of nitrogens with two attached hydrogens (primary N) is 1. The largest absolute Gasteiger partial charge is 0.380 e. The van der Waals surface area contributed by atoms with E-state index in [0.29, 0.717) is 6.42 Å². The Morgan fingerprint density at radius 3 is 2.29 bits per heavy atom. The van der Waals surface area contributed by atoms with E-state index in [1.807, 2.05) is 0 Å². The van der Waals surface area contributed by atoms with Gasteiger partial charge in [-0.1, -0.05) is 13.8 Å². The van der Waals surface area contributed by atoms with Crippen LogP contribution in [0.3, 0.4) is 0 Å². The Hall–Kier alpha value is -0.610. The van der Waals surface area contributed by atoms with Crippen molar-refractivity contribution in [1.82, 2.24) is 4.90 Å². The van der Waals surface area contributed by atoms with Crippen LogP contribution in [0.2, 0.25) is 0 Å². The molecule has 0 aromatic carbocycles. The lowest BCUT2D eigenvalue weighted by Crippen LogP contribution is -2.41. The topological polar surface area (TPSA) is 66.6 Å². The lowest BCUT2D eigenvalue weighted by atomic mass is 9.99. The van der Waals surface area contributed by atoms with Crippen molar-refractivity contribution in [2.24, 2.45) is 5.73 Å². The molecule has 4 nitrogen and oxygen atoms in total. The lowest BCUT2D eigenvalue weighted by Gasteiger charge is -2.22. The van der Waals surface area contributed by atoms with Crippen LogP contribution in [0.25, 0.3) is 0 Å². The van der Waals surface area contributed by atoms with Crippen molar-refractivity contribution in [3.8, 4) is 0 Å². The molecular weight excluding hydrogens is 180 g/mol. The van der Waals surface area contributed by atoms with E-state index in [4.69, 9.17) is 5.73 Å². The van der Waals surface area contributed by atoms with Gasteiger partial charge in [0, 0.05) is 0 Å². The maximum Gasteiger partial charge on any atom is 0.249 e. The Labute approximate surface area is 86.1 Å². The van der Waals surface area contributed by atoms with E-state index >= 15 is 0 Å². The van der Waals surface area contributed by atoms with E-state index in [-0.39, 0.29) is 0 Å². The quantitative estimate of drug-likeness (QED) is 0.626. The van der Waals surface area contributed by atoms with Crippen molar-refractivity contribution >= 4 is 5.91 Å². The van der Waals surface area contributed by atoms with Gasteiger partial charge in [-0.3, -0.25) is 4.79 Å². The molecule has 0 bridgehead atoms. The molecule has 4 heteroatoms. The molecule has 0 aliphatic carbocycles. The van der Waals surface area contributed by atoms with Crippen molar-refractivity contribution in [2.75, 3.05) is 19.6 Å². The number of aliphatic hydroxyl groups is 1. The summed E-state index contributed by atoms with van der Waals surface area (Å²) >= 11 is 0. The monoisotopic (exact) mass is 202 g/mol. The van der Waals surface area contributed by atoms with Crippen molar-refractivity contribution in [1.29, 1.82) is 0 Å². The van der Waals surface area contributed by atoms with Gasteiger partial charge in [-0.2, -0.15) is 0 Å². The van der Waals surface area contributed by atoms with Crippen LogP contribution in [0.5, 0.6) is 0 Å². The highest BCUT2D eigenvalue weighted by atomic mass is 16.3. The summed E-state index contributed by atoms with van der Waals surface area (Å²) < 4.78 is 0. The molecule has 0 saturated carbocycles. The van der Waals surface area contributed by atoms with Gasteiger partial charge in [0.1, 0.15) is 5.60 Å². The number of amides is 1. The smallest absolute Gasteiger partial charge is 0.249 e. The summed E-state index contributed by atoms with van der Waals surface area (Å²) in [4.78, 5) is 13.0. The molecular formula is C10H22N2O2. The first kappa shape index (κ1) is 13.4. The number of carbonyl (C=O) groups is 1. The SMILES string of the molecule is CCN(CC)CCCC(C)(O)C(N)=O. The van der Waals surface area contributed by atoms with E-state index in [0.717, 1.165) is 26.1 Å². The number of nitrogens with zero attached hydrogens (tertiary/aromatic N) is 1. The van der Waals surface area contributed by atoms with E-state index in [9.17, 15) is 9.90 Å². The summed E-state index contributed by atoms with van der Waals surface area (Å²) in [7, 11) is 0. The molecule has 1 unspecified atom stereocenters. The predicted octanol–water partition coefficient (Wildman–Crippen LogP) is 0.345. The predicted molar refractivity (Wildman–Crippen MR) is 56.8 cm³/mol. The number of carbonyl (C=O) groups excluding carboxylic acids is 1. The zero-order valence-corrected chi connectivity index (χ0v) is 9.42. The Kier molecular flexibility index (Phi) is 5.72. The van der Waals surface area contributed by atoms with Crippen molar-refractivity contribution < 1.29 is 9.90 Å².